The van der Waals surface area contributed by atoms with E-state index in [4.69, 9.17) is 0 Å². The Balaban J connectivity index is 2.22. The van der Waals surface area contributed by atoms with Gasteiger partial charge in [-0.3, -0.25) is 19.9 Å². The van der Waals surface area contributed by atoms with Crippen molar-refractivity contribution in [3.63, 3.8) is 0 Å². The molecule has 0 aliphatic heterocycles. The van der Waals surface area contributed by atoms with Gasteiger partial charge in [-0.05, 0) is 38.3 Å². The largest absolute Gasteiger partial charge is 0.299 e. The number of nitro groups is 1. The molecule has 1 atom stereocenters. The minimum absolute atomic E-state index is 0.0495. The van der Waals surface area contributed by atoms with Gasteiger partial charge < -0.3 is 0 Å². The molecule has 0 spiro atoms. The molecule has 18 heavy (non-hydrogen) atoms. The average Bonchev–Trinajstić information content (AvgIpc) is 2.78. The van der Waals surface area contributed by atoms with E-state index in [9.17, 15) is 14.9 Å². The Labute approximate surface area is 105 Å². The fourth-order valence-electron chi connectivity index (χ4n) is 2.21. The highest BCUT2D eigenvalue weighted by Crippen LogP contribution is 2.27. The van der Waals surface area contributed by atoms with Gasteiger partial charge in [-0.2, -0.15) is 0 Å². The zero-order chi connectivity index (χ0) is 13.1. The van der Waals surface area contributed by atoms with E-state index in [1.165, 1.54) is 12.1 Å². The predicted octanol–water partition coefficient (Wildman–Crippen LogP) is 3.06. The van der Waals surface area contributed by atoms with Crippen molar-refractivity contribution in [3.05, 3.63) is 34.4 Å². The highest BCUT2D eigenvalue weighted by Gasteiger charge is 2.26. The molecule has 0 aromatic heterocycles. The second-order valence-corrected chi connectivity index (χ2v) is 4.43. The fourth-order valence-corrected chi connectivity index (χ4v) is 2.21. The molecule has 5 heteroatoms. The van der Waals surface area contributed by atoms with Crippen LogP contribution in [0.4, 0.5) is 11.4 Å². The number of carbonyl (C=O) groups is 1. The number of Topliss-reactive ketones (excluding diaryl/α,β-unsaturated/α-hetero) is 1. The third-order valence-corrected chi connectivity index (χ3v) is 3.15. The predicted molar refractivity (Wildman–Crippen MR) is 68.2 cm³/mol. The lowest BCUT2D eigenvalue weighted by molar-refractivity contribution is -0.384. The molecule has 1 aromatic carbocycles. The number of nitro benzene ring substituents is 1. The number of non-ortho nitro benzene ring substituents is 1. The number of benzene rings is 1. The van der Waals surface area contributed by atoms with Gasteiger partial charge in [0, 0.05) is 17.8 Å². The molecule has 94 valence electrons. The van der Waals surface area contributed by atoms with E-state index in [1.807, 2.05) is 0 Å². The molecule has 0 saturated heterocycles. The van der Waals surface area contributed by atoms with Gasteiger partial charge in [0.2, 0.25) is 0 Å². The lowest BCUT2D eigenvalue weighted by atomic mass is 10.0. The second kappa shape index (κ2) is 5.08. The summed E-state index contributed by atoms with van der Waals surface area (Å²) in [6, 6.07) is 6.08. The molecule has 1 unspecified atom stereocenters. The van der Waals surface area contributed by atoms with Crippen molar-refractivity contribution < 1.29 is 9.72 Å². The molecule has 0 radical (unpaired) electrons. The van der Waals surface area contributed by atoms with E-state index in [-0.39, 0.29) is 17.4 Å². The molecular formula is C13H14N2O3. The quantitative estimate of drug-likeness (QED) is 0.607. The first kappa shape index (κ1) is 12.4. The summed E-state index contributed by atoms with van der Waals surface area (Å²) in [6.07, 6.45) is 2.68. The highest BCUT2D eigenvalue weighted by molar-refractivity contribution is 6.06. The van der Waals surface area contributed by atoms with Crippen LogP contribution in [0.2, 0.25) is 0 Å². The van der Waals surface area contributed by atoms with Crippen molar-refractivity contribution in [2.45, 2.75) is 26.2 Å². The molecular weight excluding hydrogens is 232 g/mol. The zero-order valence-electron chi connectivity index (χ0n) is 10.1. The Morgan fingerprint density at radius 3 is 2.61 bits per heavy atom. The van der Waals surface area contributed by atoms with E-state index in [0.29, 0.717) is 5.69 Å². The van der Waals surface area contributed by atoms with Crippen LogP contribution in [0, 0.1) is 16.0 Å². The van der Waals surface area contributed by atoms with Crippen molar-refractivity contribution in [3.8, 4) is 0 Å². The van der Waals surface area contributed by atoms with Crippen molar-refractivity contribution >= 4 is 22.9 Å². The first-order valence-electron chi connectivity index (χ1n) is 5.90. The maximum absolute atomic E-state index is 11.4. The second-order valence-electron chi connectivity index (χ2n) is 4.43. The third kappa shape index (κ3) is 2.61. The first-order valence-corrected chi connectivity index (χ1v) is 5.90. The number of hydrogen-bond donors (Lipinski definition) is 0. The summed E-state index contributed by atoms with van der Waals surface area (Å²) < 4.78 is 0. The lowest BCUT2D eigenvalue weighted by Crippen LogP contribution is -2.15. The summed E-state index contributed by atoms with van der Waals surface area (Å²) in [6.45, 7) is 1.58. The normalized spacial score (nSPS) is 21.2. The minimum Gasteiger partial charge on any atom is -0.299 e. The molecule has 1 fully saturated rings. The molecule has 2 rings (SSSR count). The molecule has 0 amide bonds. The summed E-state index contributed by atoms with van der Waals surface area (Å²) in [5.41, 5.74) is 1.62. The average molecular weight is 246 g/mol. The highest BCUT2D eigenvalue weighted by atomic mass is 16.6. The molecule has 5 nitrogen and oxygen atoms in total. The van der Waals surface area contributed by atoms with Gasteiger partial charge in [0.05, 0.1) is 16.5 Å². The van der Waals surface area contributed by atoms with Gasteiger partial charge >= 0.3 is 0 Å². The maximum Gasteiger partial charge on any atom is 0.269 e. The van der Waals surface area contributed by atoms with Crippen LogP contribution in [0.5, 0.6) is 0 Å². The van der Waals surface area contributed by atoms with Gasteiger partial charge in [-0.25, -0.2) is 0 Å². The van der Waals surface area contributed by atoms with Gasteiger partial charge in [0.15, 0.2) is 0 Å². The number of aliphatic imine (C=N–C) groups is 1. The Kier molecular flexibility index (Phi) is 3.50. The molecule has 0 heterocycles. The number of ketones is 1. The summed E-state index contributed by atoms with van der Waals surface area (Å²) in [5.74, 6) is 0.0772. The molecule has 1 aromatic rings. The van der Waals surface area contributed by atoms with Crippen LogP contribution < -0.4 is 0 Å². The lowest BCUT2D eigenvalue weighted by Gasteiger charge is -2.06. The molecule has 0 bridgehead atoms. The van der Waals surface area contributed by atoms with E-state index >= 15 is 0 Å². The van der Waals surface area contributed by atoms with Crippen molar-refractivity contribution in [2.75, 3.05) is 0 Å². The number of nitrogens with zero attached hydrogens (tertiary/aromatic N) is 2. The van der Waals surface area contributed by atoms with Gasteiger partial charge in [-0.1, -0.05) is 0 Å². The summed E-state index contributed by atoms with van der Waals surface area (Å²) in [7, 11) is 0. The molecule has 1 saturated carbocycles. The van der Waals surface area contributed by atoms with Crippen LogP contribution in [0.15, 0.2) is 29.3 Å². The van der Waals surface area contributed by atoms with Crippen LogP contribution in [0.3, 0.4) is 0 Å². The Morgan fingerprint density at radius 1 is 1.39 bits per heavy atom. The summed E-state index contributed by atoms with van der Waals surface area (Å²) in [5, 5.41) is 10.5. The van der Waals surface area contributed by atoms with E-state index in [1.54, 1.807) is 19.1 Å². The van der Waals surface area contributed by atoms with Crippen molar-refractivity contribution in [1.29, 1.82) is 0 Å². The SMILES string of the molecule is CC(=O)C1CCCC1=Nc1ccc([N+](=O)[O-])cc1. The van der Waals surface area contributed by atoms with Crippen molar-refractivity contribution in [1.82, 2.24) is 0 Å². The Hall–Kier alpha value is -2.04. The van der Waals surface area contributed by atoms with Gasteiger partial charge in [0.25, 0.3) is 5.69 Å². The van der Waals surface area contributed by atoms with E-state index in [0.717, 1.165) is 25.0 Å². The van der Waals surface area contributed by atoms with Crippen LogP contribution in [0.25, 0.3) is 0 Å². The minimum atomic E-state index is -0.440. The smallest absolute Gasteiger partial charge is 0.269 e. The van der Waals surface area contributed by atoms with Crippen LogP contribution >= 0.6 is 0 Å². The summed E-state index contributed by atoms with van der Waals surface area (Å²) >= 11 is 0. The summed E-state index contributed by atoms with van der Waals surface area (Å²) in [4.78, 5) is 25.9. The van der Waals surface area contributed by atoms with Crippen LogP contribution in [-0.2, 0) is 4.79 Å². The van der Waals surface area contributed by atoms with E-state index < -0.39 is 4.92 Å². The molecule has 1 aliphatic rings. The fraction of sp³-hybridized carbons (Fsp3) is 0.385. The standard InChI is InChI=1S/C13H14N2O3/c1-9(16)12-3-2-4-13(12)14-10-5-7-11(8-6-10)15(17)18/h5-8,12H,2-4H2,1H3. The number of rotatable bonds is 3. The van der Waals surface area contributed by atoms with Crippen LogP contribution in [0.1, 0.15) is 26.2 Å². The number of carbonyl (C=O) groups excluding carboxylic acids is 1. The Bertz CT molecular complexity index is 505. The molecule has 0 N–H and O–H groups in total. The Morgan fingerprint density at radius 2 is 2.06 bits per heavy atom. The first-order chi connectivity index (χ1) is 8.58. The number of hydrogen-bond acceptors (Lipinski definition) is 4. The van der Waals surface area contributed by atoms with E-state index in [2.05, 4.69) is 4.99 Å². The monoisotopic (exact) mass is 246 g/mol. The van der Waals surface area contributed by atoms with Crippen LogP contribution in [-0.4, -0.2) is 16.4 Å². The third-order valence-electron chi connectivity index (χ3n) is 3.15. The maximum atomic E-state index is 11.4. The topological polar surface area (TPSA) is 72.6 Å². The van der Waals surface area contributed by atoms with Crippen molar-refractivity contribution in [2.24, 2.45) is 10.9 Å². The van der Waals surface area contributed by atoms with Gasteiger partial charge in [-0.15, -0.1) is 0 Å². The zero-order valence-corrected chi connectivity index (χ0v) is 10.1. The van der Waals surface area contributed by atoms with Gasteiger partial charge in [0.1, 0.15) is 5.78 Å². The molecule has 1 aliphatic carbocycles.